The molecule has 0 atom stereocenters. The van der Waals surface area contributed by atoms with Crippen LogP contribution >= 0.6 is 0 Å². The van der Waals surface area contributed by atoms with Crippen molar-refractivity contribution < 1.29 is 14.3 Å². The van der Waals surface area contributed by atoms with Gasteiger partial charge in [-0.2, -0.15) is 0 Å². The molecule has 0 aliphatic rings. The minimum atomic E-state index is -0.115. The molecule has 0 heterocycles. The minimum absolute atomic E-state index is 0.115. The van der Waals surface area contributed by atoms with Gasteiger partial charge in [0.15, 0.2) is 11.6 Å². The Morgan fingerprint density at radius 1 is 0.757 bits per heavy atom. The summed E-state index contributed by atoms with van der Waals surface area (Å²) in [4.78, 5) is 25.5. The van der Waals surface area contributed by atoms with Crippen molar-refractivity contribution in [2.45, 2.75) is 96.8 Å². The third kappa shape index (κ3) is 11.4. The van der Waals surface area contributed by atoms with Gasteiger partial charge in [0.05, 0.1) is 12.7 Å². The molecule has 0 fully saturated rings. The van der Waals surface area contributed by atoms with Crippen molar-refractivity contribution in [1.82, 2.24) is 0 Å². The molecule has 4 heteroatoms. The number of methoxy groups -OCH3 is 1. The van der Waals surface area contributed by atoms with Gasteiger partial charge < -0.3 is 10.1 Å². The van der Waals surface area contributed by atoms with Crippen LogP contribution in [0.25, 0.3) is 0 Å². The maximum absolute atomic E-state index is 12.9. The molecular formula is C33H47NO3. The van der Waals surface area contributed by atoms with E-state index < -0.39 is 0 Å². The van der Waals surface area contributed by atoms with Crippen molar-refractivity contribution in [1.29, 1.82) is 0 Å². The summed E-state index contributed by atoms with van der Waals surface area (Å²) in [7, 11) is 3.38. The Labute approximate surface area is 224 Å². The number of hydrogen-bond donors (Lipinski definition) is 1. The second-order valence-corrected chi connectivity index (χ2v) is 9.83. The monoisotopic (exact) mass is 505 g/mol. The highest BCUT2D eigenvalue weighted by Gasteiger charge is 2.16. The summed E-state index contributed by atoms with van der Waals surface area (Å²) in [6.45, 7) is 2.26. The molecule has 0 radical (unpaired) electrons. The van der Waals surface area contributed by atoms with Crippen LogP contribution in [0.15, 0.2) is 54.6 Å². The van der Waals surface area contributed by atoms with Gasteiger partial charge in [0, 0.05) is 36.3 Å². The van der Waals surface area contributed by atoms with Crippen LogP contribution in [0.2, 0.25) is 0 Å². The summed E-state index contributed by atoms with van der Waals surface area (Å²) in [6.07, 6.45) is 21.5. The predicted molar refractivity (Wildman–Crippen MR) is 156 cm³/mol. The van der Waals surface area contributed by atoms with Crippen LogP contribution in [-0.4, -0.2) is 25.7 Å². The first-order valence-corrected chi connectivity index (χ1v) is 14.3. The fourth-order valence-corrected chi connectivity index (χ4v) is 4.50. The van der Waals surface area contributed by atoms with E-state index in [0.29, 0.717) is 28.9 Å². The summed E-state index contributed by atoms with van der Waals surface area (Å²) in [5.74, 6) is 0.560. The van der Waals surface area contributed by atoms with Crippen LogP contribution in [0.5, 0.6) is 5.75 Å². The van der Waals surface area contributed by atoms with E-state index in [1.807, 2.05) is 13.1 Å². The van der Waals surface area contributed by atoms with Gasteiger partial charge in [0.25, 0.3) is 0 Å². The topological polar surface area (TPSA) is 55.4 Å². The van der Waals surface area contributed by atoms with Crippen LogP contribution in [-0.2, 0) is 0 Å². The number of hydrogen-bond acceptors (Lipinski definition) is 4. The van der Waals surface area contributed by atoms with Crippen LogP contribution < -0.4 is 10.1 Å². The molecule has 0 saturated carbocycles. The molecule has 1 N–H and O–H groups in total. The van der Waals surface area contributed by atoms with Gasteiger partial charge in [0.1, 0.15) is 5.75 Å². The predicted octanol–water partition coefficient (Wildman–Crippen LogP) is 9.19. The van der Waals surface area contributed by atoms with Gasteiger partial charge >= 0.3 is 0 Å². The van der Waals surface area contributed by atoms with E-state index in [0.717, 1.165) is 18.5 Å². The average Bonchev–Trinajstić information content (AvgIpc) is 2.94. The maximum atomic E-state index is 12.9. The number of rotatable bonds is 20. The number of allylic oxidation sites excluding steroid dienone is 2. The Kier molecular flexibility index (Phi) is 15.1. The molecule has 0 saturated heterocycles. The van der Waals surface area contributed by atoms with Gasteiger partial charge in [-0.3, -0.25) is 9.59 Å². The molecule has 37 heavy (non-hydrogen) atoms. The molecule has 2 rings (SSSR count). The largest absolute Gasteiger partial charge is 0.496 e. The quantitative estimate of drug-likeness (QED) is 0.111. The second-order valence-electron chi connectivity index (χ2n) is 9.83. The van der Waals surface area contributed by atoms with Crippen LogP contribution in [0.1, 0.15) is 123 Å². The summed E-state index contributed by atoms with van der Waals surface area (Å²) < 4.78 is 5.39. The molecule has 0 aromatic heterocycles. The Morgan fingerprint density at radius 3 is 1.92 bits per heavy atom. The Hall–Kier alpha value is -2.88. The highest BCUT2D eigenvalue weighted by molar-refractivity contribution is 6.11. The van der Waals surface area contributed by atoms with Crippen molar-refractivity contribution in [2.75, 3.05) is 19.5 Å². The van der Waals surface area contributed by atoms with Crippen LogP contribution in [0, 0.1) is 0 Å². The van der Waals surface area contributed by atoms with Crippen molar-refractivity contribution >= 4 is 17.3 Å². The number of ketones is 2. The number of carbonyl (C=O) groups is 2. The number of unbranched alkanes of at least 4 members (excludes halogenated alkanes) is 11. The van der Waals surface area contributed by atoms with Crippen molar-refractivity contribution in [3.05, 3.63) is 71.3 Å². The van der Waals surface area contributed by atoms with E-state index in [-0.39, 0.29) is 11.6 Å². The molecule has 4 nitrogen and oxygen atoms in total. The summed E-state index contributed by atoms with van der Waals surface area (Å²) in [5.41, 5.74) is 2.61. The number of Topliss-reactive ketones (excluding diaryl/α,β-unsaturated/α-hetero) is 1. The third-order valence-electron chi connectivity index (χ3n) is 6.87. The summed E-state index contributed by atoms with van der Waals surface area (Å²) in [5, 5.41) is 3.04. The second kappa shape index (κ2) is 18.4. The standard InChI is InChI=1S/C33H47NO3/c1-4-5-6-7-8-9-10-11-12-13-14-15-16-17-18-19-31(35)27-20-22-28(23-21-27)33(36)30-25-24-29(34-2)26-32(30)37-3/h11-12,20-26,34H,4-10,13-19H2,1-3H3/b12-11-. The zero-order valence-corrected chi connectivity index (χ0v) is 23.3. The number of carbonyl (C=O) groups excluding carboxylic acids is 2. The van der Waals surface area contributed by atoms with Gasteiger partial charge in [-0.25, -0.2) is 0 Å². The van der Waals surface area contributed by atoms with E-state index in [9.17, 15) is 9.59 Å². The van der Waals surface area contributed by atoms with E-state index in [1.165, 1.54) is 70.6 Å². The summed E-state index contributed by atoms with van der Waals surface area (Å²) in [6, 6.07) is 12.4. The Morgan fingerprint density at radius 2 is 1.32 bits per heavy atom. The molecule has 0 unspecified atom stereocenters. The highest BCUT2D eigenvalue weighted by atomic mass is 16.5. The first-order valence-electron chi connectivity index (χ1n) is 14.3. The lowest BCUT2D eigenvalue weighted by Gasteiger charge is -2.10. The first-order chi connectivity index (χ1) is 18.1. The highest BCUT2D eigenvalue weighted by Crippen LogP contribution is 2.26. The first kappa shape index (κ1) is 30.3. The van der Waals surface area contributed by atoms with Gasteiger partial charge in [-0.1, -0.05) is 94.7 Å². The number of anilines is 1. The van der Waals surface area contributed by atoms with E-state index >= 15 is 0 Å². The Balaban J connectivity index is 1.62. The number of nitrogens with one attached hydrogen (secondary N) is 1. The van der Waals surface area contributed by atoms with E-state index in [2.05, 4.69) is 24.4 Å². The molecule has 2 aromatic rings. The number of benzene rings is 2. The normalized spacial score (nSPS) is 11.1. The minimum Gasteiger partial charge on any atom is -0.496 e. The lowest BCUT2D eigenvalue weighted by molar-refractivity contribution is 0.0976. The van der Waals surface area contributed by atoms with Crippen molar-refractivity contribution in [3.8, 4) is 5.75 Å². The van der Waals surface area contributed by atoms with E-state index in [1.54, 1.807) is 43.5 Å². The van der Waals surface area contributed by atoms with Crippen LogP contribution in [0.3, 0.4) is 0 Å². The third-order valence-corrected chi connectivity index (χ3v) is 6.87. The van der Waals surface area contributed by atoms with E-state index in [4.69, 9.17) is 4.74 Å². The molecule has 0 bridgehead atoms. The lowest BCUT2D eigenvalue weighted by Crippen LogP contribution is -2.06. The fourth-order valence-electron chi connectivity index (χ4n) is 4.50. The van der Waals surface area contributed by atoms with Crippen LogP contribution in [0.4, 0.5) is 5.69 Å². The van der Waals surface area contributed by atoms with Crippen molar-refractivity contribution in [2.24, 2.45) is 0 Å². The fraction of sp³-hybridized carbons (Fsp3) is 0.515. The lowest BCUT2D eigenvalue weighted by atomic mass is 9.98. The molecule has 2 aromatic carbocycles. The maximum Gasteiger partial charge on any atom is 0.196 e. The average molecular weight is 506 g/mol. The zero-order chi connectivity index (χ0) is 26.7. The molecule has 0 aliphatic carbocycles. The molecule has 202 valence electrons. The van der Waals surface area contributed by atoms with Gasteiger partial charge in [-0.15, -0.1) is 0 Å². The smallest absolute Gasteiger partial charge is 0.196 e. The number of ether oxygens (including phenoxy) is 1. The zero-order valence-electron chi connectivity index (χ0n) is 23.3. The summed E-state index contributed by atoms with van der Waals surface area (Å²) >= 11 is 0. The van der Waals surface area contributed by atoms with Gasteiger partial charge in [0.2, 0.25) is 0 Å². The Bertz CT molecular complexity index is 962. The van der Waals surface area contributed by atoms with Gasteiger partial charge in [-0.05, 0) is 44.2 Å². The van der Waals surface area contributed by atoms with Crippen molar-refractivity contribution in [3.63, 3.8) is 0 Å². The molecule has 0 amide bonds. The molecular weight excluding hydrogens is 458 g/mol. The SMILES string of the molecule is CCCCCCCC/C=C\CCCCCCCC(=O)c1ccc(C(=O)c2ccc(NC)cc2OC)cc1. The molecule has 0 spiro atoms. The molecule has 0 aliphatic heterocycles.